The van der Waals surface area contributed by atoms with Gasteiger partial charge in [-0.1, -0.05) is 18.2 Å². The van der Waals surface area contributed by atoms with Crippen LogP contribution in [-0.2, 0) is 6.42 Å². The average Bonchev–Trinajstić information content (AvgIpc) is 3.06. The molecule has 2 aromatic carbocycles. The van der Waals surface area contributed by atoms with Crippen molar-refractivity contribution in [1.29, 1.82) is 0 Å². The Morgan fingerprint density at radius 1 is 1.00 bits per heavy atom. The van der Waals surface area contributed by atoms with Crippen molar-refractivity contribution >= 4 is 40.3 Å². The van der Waals surface area contributed by atoms with Crippen LogP contribution < -0.4 is 14.8 Å². The summed E-state index contributed by atoms with van der Waals surface area (Å²) in [5.74, 6) is 2.88. The maximum absolute atomic E-state index is 5.98. The third-order valence-corrected chi connectivity index (χ3v) is 4.49. The molecule has 2 heterocycles. The molecule has 0 saturated carbocycles. The molecule has 0 aliphatic rings. The number of fused-ring (bicyclic) bond motifs is 3. The molecule has 0 atom stereocenters. The van der Waals surface area contributed by atoms with Gasteiger partial charge in [-0.15, -0.1) is 12.4 Å². The van der Waals surface area contributed by atoms with E-state index in [9.17, 15) is 0 Å². The van der Waals surface area contributed by atoms with E-state index in [1.807, 2.05) is 49.4 Å². The van der Waals surface area contributed by atoms with Gasteiger partial charge in [-0.3, -0.25) is 0 Å². The second-order valence-corrected chi connectivity index (χ2v) is 6.26. The molecule has 0 fully saturated rings. The van der Waals surface area contributed by atoms with Crippen LogP contribution in [0.3, 0.4) is 0 Å². The standard InChI is InChI=1S/C21H21N3O3.ClH/c1-13-23-19-15-6-4-5-7-16(15)27-20(19)21(24-13)22-11-10-14-8-9-17(25-2)18(12-14)26-3;/h4-9,12H,10-11H2,1-3H3,(H,22,23,24);1H. The largest absolute Gasteiger partial charge is 0.493 e. The Hall–Kier alpha value is -2.99. The van der Waals surface area contributed by atoms with Crippen LogP contribution in [0.2, 0.25) is 0 Å². The monoisotopic (exact) mass is 399 g/mol. The zero-order valence-corrected chi connectivity index (χ0v) is 16.8. The lowest BCUT2D eigenvalue weighted by molar-refractivity contribution is 0.354. The van der Waals surface area contributed by atoms with Crippen molar-refractivity contribution in [3.63, 3.8) is 0 Å². The van der Waals surface area contributed by atoms with E-state index in [4.69, 9.17) is 13.9 Å². The molecule has 4 aromatic rings. The van der Waals surface area contributed by atoms with Gasteiger partial charge in [0.1, 0.15) is 16.9 Å². The van der Waals surface area contributed by atoms with Gasteiger partial charge in [0, 0.05) is 11.9 Å². The van der Waals surface area contributed by atoms with Crippen molar-refractivity contribution in [3.8, 4) is 11.5 Å². The fraction of sp³-hybridized carbons (Fsp3) is 0.238. The summed E-state index contributed by atoms with van der Waals surface area (Å²) in [4.78, 5) is 9.09. The summed E-state index contributed by atoms with van der Waals surface area (Å²) in [7, 11) is 3.27. The van der Waals surface area contributed by atoms with E-state index in [0.717, 1.165) is 40.0 Å². The van der Waals surface area contributed by atoms with Crippen LogP contribution in [0.5, 0.6) is 11.5 Å². The summed E-state index contributed by atoms with van der Waals surface area (Å²) in [6, 6.07) is 13.8. The Morgan fingerprint density at radius 2 is 1.79 bits per heavy atom. The summed E-state index contributed by atoms with van der Waals surface area (Å²) in [5, 5.41) is 4.39. The lowest BCUT2D eigenvalue weighted by Crippen LogP contribution is -2.08. The molecule has 0 saturated heterocycles. The highest BCUT2D eigenvalue weighted by Gasteiger charge is 2.14. The number of aryl methyl sites for hydroxylation is 1. The molecule has 0 amide bonds. The van der Waals surface area contributed by atoms with Gasteiger partial charge in [0.05, 0.1) is 14.2 Å². The second kappa shape index (κ2) is 8.35. The molecule has 4 rings (SSSR count). The number of benzene rings is 2. The van der Waals surface area contributed by atoms with Crippen LogP contribution in [0.1, 0.15) is 11.4 Å². The van der Waals surface area contributed by atoms with E-state index in [0.29, 0.717) is 23.8 Å². The molecule has 0 aliphatic heterocycles. The van der Waals surface area contributed by atoms with E-state index in [2.05, 4.69) is 15.3 Å². The average molecular weight is 400 g/mol. The lowest BCUT2D eigenvalue weighted by atomic mass is 10.1. The SMILES string of the molecule is COc1ccc(CCNc2nc(C)nc3c2oc2ccccc23)cc1OC.Cl. The number of ether oxygens (including phenoxy) is 2. The minimum atomic E-state index is 0. The van der Waals surface area contributed by atoms with E-state index in [1.165, 1.54) is 0 Å². The molecule has 7 heteroatoms. The predicted molar refractivity (Wildman–Crippen MR) is 113 cm³/mol. The minimum Gasteiger partial charge on any atom is -0.493 e. The highest BCUT2D eigenvalue weighted by Crippen LogP contribution is 2.31. The predicted octanol–water partition coefficient (Wildman–Crippen LogP) is 4.78. The van der Waals surface area contributed by atoms with Gasteiger partial charge < -0.3 is 19.2 Å². The molecule has 0 unspecified atom stereocenters. The summed E-state index contributed by atoms with van der Waals surface area (Å²) in [5.41, 5.74) is 3.49. The van der Waals surface area contributed by atoms with E-state index in [-0.39, 0.29) is 12.4 Å². The maximum atomic E-state index is 5.98. The van der Waals surface area contributed by atoms with Crippen molar-refractivity contribution in [2.45, 2.75) is 13.3 Å². The summed E-state index contributed by atoms with van der Waals surface area (Å²) in [6.07, 6.45) is 0.811. The number of para-hydroxylation sites is 1. The molecule has 0 aliphatic carbocycles. The second-order valence-electron chi connectivity index (χ2n) is 6.26. The van der Waals surface area contributed by atoms with E-state index < -0.39 is 0 Å². The normalized spacial score (nSPS) is 10.7. The van der Waals surface area contributed by atoms with Gasteiger partial charge in [-0.2, -0.15) is 0 Å². The number of hydrogen-bond donors (Lipinski definition) is 1. The van der Waals surface area contributed by atoms with E-state index in [1.54, 1.807) is 14.2 Å². The van der Waals surface area contributed by atoms with Crippen LogP contribution in [0, 0.1) is 6.92 Å². The van der Waals surface area contributed by atoms with Crippen molar-refractivity contribution in [3.05, 3.63) is 53.9 Å². The number of rotatable bonds is 6. The first-order valence-electron chi connectivity index (χ1n) is 8.80. The van der Waals surface area contributed by atoms with Gasteiger partial charge in [-0.25, -0.2) is 9.97 Å². The Morgan fingerprint density at radius 3 is 2.57 bits per heavy atom. The van der Waals surface area contributed by atoms with Gasteiger partial charge in [-0.05, 0) is 43.2 Å². The topological polar surface area (TPSA) is 69.4 Å². The highest BCUT2D eigenvalue weighted by molar-refractivity contribution is 6.05. The first-order chi connectivity index (χ1) is 13.2. The smallest absolute Gasteiger partial charge is 0.196 e. The number of furan rings is 1. The number of aromatic nitrogens is 2. The molecule has 0 spiro atoms. The first kappa shape index (κ1) is 19.8. The molecule has 2 aromatic heterocycles. The van der Waals surface area contributed by atoms with Crippen LogP contribution in [0.25, 0.3) is 22.1 Å². The third-order valence-electron chi connectivity index (χ3n) is 4.49. The van der Waals surface area contributed by atoms with Gasteiger partial charge in [0.2, 0.25) is 0 Å². The van der Waals surface area contributed by atoms with Crippen LogP contribution in [0.4, 0.5) is 5.82 Å². The fourth-order valence-corrected chi connectivity index (χ4v) is 3.18. The van der Waals surface area contributed by atoms with E-state index >= 15 is 0 Å². The van der Waals surface area contributed by atoms with Crippen molar-refractivity contribution in [1.82, 2.24) is 9.97 Å². The molecule has 6 nitrogen and oxygen atoms in total. The Kier molecular flexibility index (Phi) is 5.90. The lowest BCUT2D eigenvalue weighted by Gasteiger charge is -2.10. The molecular weight excluding hydrogens is 378 g/mol. The summed E-state index contributed by atoms with van der Waals surface area (Å²) in [6.45, 7) is 2.60. The highest BCUT2D eigenvalue weighted by atomic mass is 35.5. The zero-order valence-electron chi connectivity index (χ0n) is 16.0. The molecule has 146 valence electrons. The van der Waals surface area contributed by atoms with Gasteiger partial charge >= 0.3 is 0 Å². The van der Waals surface area contributed by atoms with Gasteiger partial charge in [0.25, 0.3) is 0 Å². The van der Waals surface area contributed by atoms with Gasteiger partial charge in [0.15, 0.2) is 22.9 Å². The number of halogens is 1. The number of methoxy groups -OCH3 is 2. The van der Waals surface area contributed by atoms with Crippen molar-refractivity contribution in [2.24, 2.45) is 0 Å². The number of hydrogen-bond acceptors (Lipinski definition) is 6. The minimum absolute atomic E-state index is 0. The van der Waals surface area contributed by atoms with Crippen LogP contribution in [-0.4, -0.2) is 30.7 Å². The molecule has 0 bridgehead atoms. The van der Waals surface area contributed by atoms with Crippen LogP contribution in [0.15, 0.2) is 46.9 Å². The number of anilines is 1. The summed E-state index contributed by atoms with van der Waals surface area (Å²) < 4.78 is 16.6. The Bertz CT molecular complexity index is 1110. The third kappa shape index (κ3) is 3.68. The van der Waals surface area contributed by atoms with Crippen molar-refractivity contribution in [2.75, 3.05) is 26.1 Å². The zero-order chi connectivity index (χ0) is 18.8. The van der Waals surface area contributed by atoms with Crippen molar-refractivity contribution < 1.29 is 13.9 Å². The van der Waals surface area contributed by atoms with Crippen LogP contribution >= 0.6 is 12.4 Å². The Balaban J connectivity index is 0.00000225. The maximum Gasteiger partial charge on any atom is 0.196 e. The first-order valence-corrected chi connectivity index (χ1v) is 8.80. The number of nitrogens with zero attached hydrogens (tertiary/aromatic N) is 2. The number of nitrogens with one attached hydrogen (secondary N) is 1. The molecule has 28 heavy (non-hydrogen) atoms. The molecular formula is C21H22ClN3O3. The fourth-order valence-electron chi connectivity index (χ4n) is 3.18. The summed E-state index contributed by atoms with van der Waals surface area (Å²) >= 11 is 0. The Labute approximate surface area is 169 Å². The quantitative estimate of drug-likeness (QED) is 0.503. The molecule has 1 N–H and O–H groups in total. The molecule has 0 radical (unpaired) electrons.